The summed E-state index contributed by atoms with van der Waals surface area (Å²) in [6.45, 7) is 2.05. The Kier molecular flexibility index (Phi) is 3.69. The van der Waals surface area contributed by atoms with Gasteiger partial charge in [0.05, 0.1) is 19.9 Å². The van der Waals surface area contributed by atoms with Crippen LogP contribution in [0.3, 0.4) is 0 Å². The van der Waals surface area contributed by atoms with Crippen molar-refractivity contribution in [1.29, 1.82) is 0 Å². The van der Waals surface area contributed by atoms with E-state index in [1.165, 1.54) is 0 Å². The number of hydrogen-bond donors (Lipinski definition) is 0. The first kappa shape index (κ1) is 12.4. The Labute approximate surface area is 113 Å². The number of thiazole rings is 1. The Hall–Kier alpha value is -1.07. The molecule has 0 spiro atoms. The fourth-order valence-electron chi connectivity index (χ4n) is 1.58. The van der Waals surface area contributed by atoms with Gasteiger partial charge in [0, 0.05) is 16.5 Å². The SMILES string of the molecule is COc1cc(OC)cc(-c2nc(Br)sc2C)c1. The predicted molar refractivity (Wildman–Crippen MR) is 73.1 cm³/mol. The zero-order valence-electron chi connectivity index (χ0n) is 9.78. The lowest BCUT2D eigenvalue weighted by Crippen LogP contribution is -1.89. The predicted octanol–water partition coefficient (Wildman–Crippen LogP) is 3.90. The van der Waals surface area contributed by atoms with Crippen LogP contribution in [0.5, 0.6) is 11.5 Å². The van der Waals surface area contributed by atoms with Crippen molar-refractivity contribution >= 4 is 27.3 Å². The van der Waals surface area contributed by atoms with Gasteiger partial charge >= 0.3 is 0 Å². The summed E-state index contributed by atoms with van der Waals surface area (Å²) in [5.74, 6) is 1.53. The van der Waals surface area contributed by atoms with Crippen LogP contribution in [0.15, 0.2) is 22.1 Å². The highest BCUT2D eigenvalue weighted by Gasteiger charge is 2.11. The summed E-state index contributed by atoms with van der Waals surface area (Å²) in [7, 11) is 3.28. The molecular weight excluding hydrogens is 302 g/mol. The van der Waals surface area contributed by atoms with Crippen LogP contribution in [0.25, 0.3) is 11.3 Å². The third-order valence-corrected chi connectivity index (χ3v) is 3.82. The van der Waals surface area contributed by atoms with Gasteiger partial charge in [-0.3, -0.25) is 0 Å². The molecular formula is C12H12BrNO2S. The minimum atomic E-state index is 0.767. The maximum atomic E-state index is 5.25. The van der Waals surface area contributed by atoms with Crippen molar-refractivity contribution in [2.75, 3.05) is 14.2 Å². The third-order valence-electron chi connectivity index (χ3n) is 2.40. The summed E-state index contributed by atoms with van der Waals surface area (Å²) in [6.07, 6.45) is 0. The molecule has 3 nitrogen and oxygen atoms in total. The monoisotopic (exact) mass is 313 g/mol. The lowest BCUT2D eigenvalue weighted by atomic mass is 10.1. The first-order valence-corrected chi connectivity index (χ1v) is 6.61. The van der Waals surface area contributed by atoms with Crippen LogP contribution in [-0.4, -0.2) is 19.2 Å². The van der Waals surface area contributed by atoms with Gasteiger partial charge in [-0.2, -0.15) is 0 Å². The molecule has 1 aromatic carbocycles. The molecule has 2 aromatic rings. The van der Waals surface area contributed by atoms with E-state index in [0.717, 1.165) is 31.6 Å². The van der Waals surface area contributed by atoms with E-state index in [0.29, 0.717) is 0 Å². The van der Waals surface area contributed by atoms with Crippen molar-refractivity contribution in [3.8, 4) is 22.8 Å². The lowest BCUT2D eigenvalue weighted by molar-refractivity contribution is 0.394. The number of hydrogen-bond acceptors (Lipinski definition) is 4. The number of nitrogens with zero attached hydrogens (tertiary/aromatic N) is 1. The molecule has 0 atom stereocenters. The quantitative estimate of drug-likeness (QED) is 0.861. The number of halogens is 1. The van der Waals surface area contributed by atoms with Crippen LogP contribution in [0.2, 0.25) is 0 Å². The van der Waals surface area contributed by atoms with Gasteiger partial charge in [0.2, 0.25) is 0 Å². The molecule has 0 aliphatic heterocycles. The van der Waals surface area contributed by atoms with Crippen LogP contribution in [-0.2, 0) is 0 Å². The molecule has 0 saturated heterocycles. The zero-order valence-corrected chi connectivity index (χ0v) is 12.2. The van der Waals surface area contributed by atoms with E-state index in [-0.39, 0.29) is 0 Å². The molecule has 2 rings (SSSR count). The fraction of sp³-hybridized carbons (Fsp3) is 0.250. The van der Waals surface area contributed by atoms with E-state index in [4.69, 9.17) is 9.47 Å². The second-order valence-electron chi connectivity index (χ2n) is 3.47. The highest BCUT2D eigenvalue weighted by Crippen LogP contribution is 2.34. The Bertz CT molecular complexity index is 517. The number of aromatic nitrogens is 1. The highest BCUT2D eigenvalue weighted by molar-refractivity contribution is 9.11. The number of methoxy groups -OCH3 is 2. The summed E-state index contributed by atoms with van der Waals surface area (Å²) in [6, 6.07) is 5.76. The van der Waals surface area contributed by atoms with Crippen molar-refractivity contribution in [2.45, 2.75) is 6.92 Å². The van der Waals surface area contributed by atoms with Crippen LogP contribution >= 0.6 is 27.3 Å². The van der Waals surface area contributed by atoms with Gasteiger partial charge in [-0.05, 0) is 35.0 Å². The number of benzene rings is 1. The maximum absolute atomic E-state index is 5.25. The van der Waals surface area contributed by atoms with E-state index in [2.05, 4.69) is 20.9 Å². The standard InChI is InChI=1S/C12H12BrNO2S/c1-7-11(14-12(13)17-7)8-4-9(15-2)6-10(5-8)16-3/h4-6H,1-3H3. The molecule has 0 aliphatic rings. The van der Waals surface area contributed by atoms with E-state index < -0.39 is 0 Å². The van der Waals surface area contributed by atoms with E-state index in [1.807, 2.05) is 25.1 Å². The Morgan fingerprint density at radius 1 is 1.12 bits per heavy atom. The van der Waals surface area contributed by atoms with E-state index in [1.54, 1.807) is 25.6 Å². The van der Waals surface area contributed by atoms with E-state index >= 15 is 0 Å². The third kappa shape index (κ3) is 2.61. The Balaban J connectivity index is 2.54. The van der Waals surface area contributed by atoms with Crippen LogP contribution in [0, 0.1) is 6.92 Å². The van der Waals surface area contributed by atoms with Gasteiger partial charge in [0.1, 0.15) is 11.5 Å². The molecule has 0 N–H and O–H groups in total. The molecule has 1 heterocycles. The second-order valence-corrected chi connectivity index (χ2v) is 5.95. The summed E-state index contributed by atoms with van der Waals surface area (Å²) < 4.78 is 11.4. The maximum Gasteiger partial charge on any atom is 0.160 e. The molecule has 0 radical (unpaired) electrons. The minimum absolute atomic E-state index is 0.767. The average Bonchev–Trinajstić information content (AvgIpc) is 2.67. The molecule has 17 heavy (non-hydrogen) atoms. The fourth-order valence-corrected chi connectivity index (χ4v) is 3.13. The first-order valence-electron chi connectivity index (χ1n) is 5.00. The lowest BCUT2D eigenvalue weighted by Gasteiger charge is -2.07. The van der Waals surface area contributed by atoms with Crippen molar-refractivity contribution in [3.63, 3.8) is 0 Å². The van der Waals surface area contributed by atoms with Crippen molar-refractivity contribution in [1.82, 2.24) is 4.98 Å². The molecule has 0 bridgehead atoms. The van der Waals surface area contributed by atoms with Gasteiger partial charge in [-0.25, -0.2) is 4.98 Å². The number of rotatable bonds is 3. The second kappa shape index (κ2) is 5.06. The Morgan fingerprint density at radius 3 is 2.12 bits per heavy atom. The van der Waals surface area contributed by atoms with Crippen LogP contribution < -0.4 is 9.47 Å². The molecule has 0 fully saturated rings. The molecule has 0 amide bonds. The molecule has 5 heteroatoms. The smallest absolute Gasteiger partial charge is 0.160 e. The molecule has 0 unspecified atom stereocenters. The van der Waals surface area contributed by atoms with Gasteiger partial charge in [-0.1, -0.05) is 0 Å². The normalized spacial score (nSPS) is 10.4. The number of aryl methyl sites for hydroxylation is 1. The Morgan fingerprint density at radius 2 is 1.71 bits per heavy atom. The van der Waals surface area contributed by atoms with Crippen LogP contribution in [0.4, 0.5) is 0 Å². The zero-order chi connectivity index (χ0) is 12.4. The molecule has 90 valence electrons. The van der Waals surface area contributed by atoms with Gasteiger partial charge < -0.3 is 9.47 Å². The number of ether oxygens (including phenoxy) is 2. The highest BCUT2D eigenvalue weighted by atomic mass is 79.9. The van der Waals surface area contributed by atoms with Gasteiger partial charge in [0.15, 0.2) is 3.92 Å². The van der Waals surface area contributed by atoms with Gasteiger partial charge in [-0.15, -0.1) is 11.3 Å². The van der Waals surface area contributed by atoms with Crippen molar-refractivity contribution < 1.29 is 9.47 Å². The molecule has 0 saturated carbocycles. The topological polar surface area (TPSA) is 31.4 Å². The van der Waals surface area contributed by atoms with Gasteiger partial charge in [0.25, 0.3) is 0 Å². The van der Waals surface area contributed by atoms with Crippen LogP contribution in [0.1, 0.15) is 4.88 Å². The summed E-state index contributed by atoms with van der Waals surface area (Å²) in [5.41, 5.74) is 1.96. The average molecular weight is 314 g/mol. The van der Waals surface area contributed by atoms with Crippen molar-refractivity contribution in [2.24, 2.45) is 0 Å². The molecule has 0 aliphatic carbocycles. The largest absolute Gasteiger partial charge is 0.497 e. The summed E-state index contributed by atoms with van der Waals surface area (Å²) in [4.78, 5) is 5.61. The minimum Gasteiger partial charge on any atom is -0.497 e. The first-order chi connectivity index (χ1) is 8.13. The molecule has 1 aromatic heterocycles. The summed E-state index contributed by atoms with van der Waals surface area (Å²) in [5, 5.41) is 0. The van der Waals surface area contributed by atoms with E-state index in [9.17, 15) is 0 Å². The van der Waals surface area contributed by atoms with Crippen molar-refractivity contribution in [3.05, 3.63) is 27.0 Å². The summed E-state index contributed by atoms with van der Waals surface area (Å²) >= 11 is 5.01.